The van der Waals surface area contributed by atoms with Crippen LogP contribution in [-0.4, -0.2) is 26.1 Å². The third-order valence-corrected chi connectivity index (χ3v) is 3.51. The van der Waals surface area contributed by atoms with Crippen molar-refractivity contribution in [1.82, 2.24) is 5.32 Å². The second-order valence-electron chi connectivity index (χ2n) is 5.38. The summed E-state index contributed by atoms with van der Waals surface area (Å²) in [5, 5.41) is 5.41. The average molecular weight is 352 g/mol. The maximum absolute atomic E-state index is 12.6. The number of rotatable bonds is 7. The molecular weight excluding hydrogens is 333 g/mol. The molecule has 0 spiro atoms. The molecule has 0 fully saturated rings. The highest BCUT2D eigenvalue weighted by Crippen LogP contribution is 2.30. The molecular formula is C18H19F3N2O2. The van der Waals surface area contributed by atoms with Gasteiger partial charge in [-0.05, 0) is 42.3 Å². The van der Waals surface area contributed by atoms with Crippen molar-refractivity contribution in [2.45, 2.75) is 12.6 Å². The molecule has 0 aliphatic rings. The smallest absolute Gasteiger partial charge is 0.416 e. The Labute approximate surface area is 144 Å². The minimum Gasteiger partial charge on any atom is -0.497 e. The summed E-state index contributed by atoms with van der Waals surface area (Å²) in [5.41, 5.74) is 0.513. The molecule has 0 unspecified atom stereocenters. The fourth-order valence-corrected chi connectivity index (χ4v) is 2.22. The van der Waals surface area contributed by atoms with Gasteiger partial charge in [-0.25, -0.2) is 0 Å². The molecule has 0 aromatic heterocycles. The van der Waals surface area contributed by atoms with Crippen molar-refractivity contribution in [2.75, 3.05) is 25.5 Å². The zero-order valence-corrected chi connectivity index (χ0v) is 13.7. The Morgan fingerprint density at radius 2 is 1.88 bits per heavy atom. The van der Waals surface area contributed by atoms with Gasteiger partial charge in [0, 0.05) is 12.2 Å². The molecule has 0 heterocycles. The summed E-state index contributed by atoms with van der Waals surface area (Å²) < 4.78 is 43.0. The summed E-state index contributed by atoms with van der Waals surface area (Å²) in [5.74, 6) is 0.454. The molecule has 134 valence electrons. The lowest BCUT2D eigenvalue weighted by Crippen LogP contribution is -2.31. The summed E-state index contributed by atoms with van der Waals surface area (Å²) in [4.78, 5) is 11.8. The highest BCUT2D eigenvalue weighted by Gasteiger charge is 2.30. The van der Waals surface area contributed by atoms with Gasteiger partial charge in [-0.15, -0.1) is 0 Å². The van der Waals surface area contributed by atoms with Gasteiger partial charge in [0.15, 0.2) is 0 Å². The van der Waals surface area contributed by atoms with Crippen LogP contribution in [0.4, 0.5) is 18.9 Å². The minimum absolute atomic E-state index is 0.0978. The summed E-state index contributed by atoms with van der Waals surface area (Å²) in [6.07, 6.45) is -3.77. The molecule has 0 saturated carbocycles. The summed E-state index contributed by atoms with van der Waals surface area (Å²) in [7, 11) is 1.58. The molecule has 7 heteroatoms. The first-order chi connectivity index (χ1) is 11.9. The number of benzene rings is 2. The zero-order valence-electron chi connectivity index (χ0n) is 13.7. The quantitative estimate of drug-likeness (QED) is 0.802. The van der Waals surface area contributed by atoms with Crippen molar-refractivity contribution >= 4 is 11.6 Å². The van der Waals surface area contributed by atoms with Crippen LogP contribution in [0.3, 0.4) is 0 Å². The third kappa shape index (κ3) is 6.02. The molecule has 0 radical (unpaired) electrons. The number of amides is 1. The predicted molar refractivity (Wildman–Crippen MR) is 89.6 cm³/mol. The highest BCUT2D eigenvalue weighted by atomic mass is 19.4. The van der Waals surface area contributed by atoms with Crippen LogP contribution in [0.25, 0.3) is 0 Å². The fourth-order valence-electron chi connectivity index (χ4n) is 2.22. The molecule has 1 amide bonds. The maximum Gasteiger partial charge on any atom is 0.416 e. The number of carbonyl (C=O) groups is 1. The molecule has 2 aromatic rings. The zero-order chi connectivity index (χ0) is 18.3. The maximum atomic E-state index is 12.6. The van der Waals surface area contributed by atoms with Gasteiger partial charge in [-0.2, -0.15) is 13.2 Å². The second-order valence-corrected chi connectivity index (χ2v) is 5.38. The van der Waals surface area contributed by atoms with E-state index in [4.69, 9.17) is 4.74 Å². The van der Waals surface area contributed by atoms with E-state index in [1.54, 1.807) is 7.11 Å². The van der Waals surface area contributed by atoms with Crippen molar-refractivity contribution in [3.8, 4) is 5.75 Å². The van der Waals surface area contributed by atoms with Crippen molar-refractivity contribution in [3.05, 3.63) is 59.7 Å². The van der Waals surface area contributed by atoms with Gasteiger partial charge >= 0.3 is 6.18 Å². The highest BCUT2D eigenvalue weighted by molar-refractivity contribution is 5.80. The first-order valence-corrected chi connectivity index (χ1v) is 7.69. The Bertz CT molecular complexity index is 717. The average Bonchev–Trinajstić information content (AvgIpc) is 2.60. The predicted octanol–water partition coefficient (Wildman–Crippen LogP) is 3.48. The first-order valence-electron chi connectivity index (χ1n) is 7.69. The summed E-state index contributed by atoms with van der Waals surface area (Å²) in [6.45, 7) is 0.329. The molecule has 0 atom stereocenters. The molecule has 25 heavy (non-hydrogen) atoms. The largest absolute Gasteiger partial charge is 0.497 e. The third-order valence-electron chi connectivity index (χ3n) is 3.51. The van der Waals surface area contributed by atoms with Crippen molar-refractivity contribution in [1.29, 1.82) is 0 Å². The van der Waals surface area contributed by atoms with E-state index in [2.05, 4.69) is 10.6 Å². The Morgan fingerprint density at radius 3 is 2.60 bits per heavy atom. The van der Waals surface area contributed by atoms with E-state index in [1.807, 2.05) is 24.3 Å². The van der Waals surface area contributed by atoms with Crippen LogP contribution < -0.4 is 15.4 Å². The van der Waals surface area contributed by atoms with Crippen molar-refractivity contribution < 1.29 is 22.7 Å². The lowest BCUT2D eigenvalue weighted by atomic mass is 10.1. The van der Waals surface area contributed by atoms with Gasteiger partial charge in [0.05, 0.1) is 19.2 Å². The van der Waals surface area contributed by atoms with Gasteiger partial charge in [0.1, 0.15) is 5.75 Å². The van der Waals surface area contributed by atoms with Crippen LogP contribution in [0.5, 0.6) is 5.75 Å². The van der Waals surface area contributed by atoms with E-state index < -0.39 is 11.7 Å². The second kappa shape index (κ2) is 8.41. The number of ether oxygens (including phenoxy) is 1. The van der Waals surface area contributed by atoms with Crippen molar-refractivity contribution in [2.24, 2.45) is 0 Å². The number of carbonyl (C=O) groups excluding carboxylic acids is 1. The lowest BCUT2D eigenvalue weighted by Gasteiger charge is -2.11. The van der Waals surface area contributed by atoms with E-state index in [0.717, 1.165) is 23.4 Å². The van der Waals surface area contributed by atoms with Gasteiger partial charge < -0.3 is 15.4 Å². The molecule has 0 aliphatic carbocycles. The number of alkyl halides is 3. The Morgan fingerprint density at radius 1 is 1.12 bits per heavy atom. The van der Waals surface area contributed by atoms with Crippen LogP contribution in [0.15, 0.2) is 48.5 Å². The molecule has 2 N–H and O–H groups in total. The van der Waals surface area contributed by atoms with Crippen LogP contribution in [0, 0.1) is 0 Å². The molecule has 4 nitrogen and oxygen atoms in total. The van der Waals surface area contributed by atoms with Gasteiger partial charge in [0.2, 0.25) is 5.91 Å². The number of nitrogens with one attached hydrogen (secondary N) is 2. The van der Waals surface area contributed by atoms with Crippen LogP contribution >= 0.6 is 0 Å². The van der Waals surface area contributed by atoms with E-state index in [-0.39, 0.29) is 18.1 Å². The van der Waals surface area contributed by atoms with Crippen LogP contribution in [0.2, 0.25) is 0 Å². The van der Waals surface area contributed by atoms with Crippen LogP contribution in [0.1, 0.15) is 11.1 Å². The van der Waals surface area contributed by atoms with Gasteiger partial charge in [0.25, 0.3) is 0 Å². The Hall–Kier alpha value is -2.70. The number of anilines is 1. The topological polar surface area (TPSA) is 50.4 Å². The van der Waals surface area contributed by atoms with Crippen molar-refractivity contribution in [3.63, 3.8) is 0 Å². The molecule has 0 aliphatic heterocycles. The number of methoxy groups -OCH3 is 1. The minimum atomic E-state index is -4.41. The number of halogens is 3. The molecule has 2 aromatic carbocycles. The standard InChI is InChI=1S/C18H19F3N2O2/c1-25-16-7-2-4-13(10-16)8-9-22-17(24)12-23-15-6-3-5-14(11-15)18(19,20)21/h2-7,10-11,23H,8-9,12H2,1H3,(H,22,24). The monoisotopic (exact) mass is 352 g/mol. The van der Waals surface area contributed by atoms with E-state index in [9.17, 15) is 18.0 Å². The van der Waals surface area contributed by atoms with E-state index in [0.29, 0.717) is 13.0 Å². The summed E-state index contributed by atoms with van der Waals surface area (Å²) >= 11 is 0. The van der Waals surface area contributed by atoms with E-state index in [1.165, 1.54) is 12.1 Å². The van der Waals surface area contributed by atoms with Crippen LogP contribution in [-0.2, 0) is 17.4 Å². The number of hydrogen-bond donors (Lipinski definition) is 2. The fraction of sp³-hybridized carbons (Fsp3) is 0.278. The normalized spacial score (nSPS) is 11.0. The Kier molecular flexibility index (Phi) is 6.27. The summed E-state index contributed by atoms with van der Waals surface area (Å²) in [6, 6.07) is 12.3. The molecule has 0 bridgehead atoms. The lowest BCUT2D eigenvalue weighted by molar-refractivity contribution is -0.137. The molecule has 0 saturated heterocycles. The Balaban J connectivity index is 1.77. The van der Waals surface area contributed by atoms with E-state index >= 15 is 0 Å². The SMILES string of the molecule is COc1cccc(CCNC(=O)CNc2cccc(C(F)(F)F)c2)c1. The molecule has 2 rings (SSSR count). The first kappa shape index (κ1) is 18.6. The van der Waals surface area contributed by atoms with Gasteiger partial charge in [-0.3, -0.25) is 4.79 Å². The number of hydrogen-bond acceptors (Lipinski definition) is 3. The van der Waals surface area contributed by atoms with Gasteiger partial charge in [-0.1, -0.05) is 18.2 Å².